The number of rotatable bonds is 16. The van der Waals surface area contributed by atoms with Crippen molar-refractivity contribution in [2.75, 3.05) is 33.2 Å². The van der Waals surface area contributed by atoms with Gasteiger partial charge in [0.15, 0.2) is 5.65 Å². The van der Waals surface area contributed by atoms with Crippen LogP contribution in [0.25, 0.3) is 11.2 Å². The highest BCUT2D eigenvalue weighted by Gasteiger charge is 2.42. The Kier molecular flexibility index (Phi) is 11.2. The average molecular weight is 671 g/mol. The molecule has 0 bridgehead atoms. The van der Waals surface area contributed by atoms with Crippen molar-refractivity contribution in [1.82, 2.24) is 19.5 Å². The van der Waals surface area contributed by atoms with Crippen molar-refractivity contribution in [3.8, 4) is 11.5 Å². The Morgan fingerprint density at radius 1 is 0.833 bits per heavy atom. The van der Waals surface area contributed by atoms with Crippen LogP contribution in [-0.4, -0.2) is 75.1 Å². The molecule has 2 aromatic heterocycles. The number of nitrogens with zero attached hydrogens (tertiary/aromatic N) is 4. The smallest absolute Gasteiger partial charge is 0.166 e. The van der Waals surface area contributed by atoms with E-state index in [9.17, 15) is 5.11 Å². The fourth-order valence-corrected chi connectivity index (χ4v) is 7.14. The molecule has 1 aliphatic heterocycles. The third kappa shape index (κ3) is 7.20. The number of thioether (sulfide) groups is 1. The van der Waals surface area contributed by atoms with Crippen molar-refractivity contribution in [2.45, 2.75) is 61.2 Å². The molecule has 0 spiro atoms. The van der Waals surface area contributed by atoms with Gasteiger partial charge in [0.05, 0.1) is 33.3 Å². The van der Waals surface area contributed by atoms with E-state index in [0.29, 0.717) is 12.1 Å². The van der Waals surface area contributed by atoms with Gasteiger partial charge in [-0.3, -0.25) is 4.57 Å². The van der Waals surface area contributed by atoms with Gasteiger partial charge in [0.1, 0.15) is 46.3 Å². The summed E-state index contributed by atoms with van der Waals surface area (Å²) in [6.45, 7) is 0.352. The predicted molar refractivity (Wildman–Crippen MR) is 184 cm³/mol. The molecule has 11 heteroatoms. The molecule has 1 aliphatic rings. The molecule has 0 aliphatic carbocycles. The van der Waals surface area contributed by atoms with Crippen LogP contribution < -0.4 is 9.47 Å². The predicted octanol–water partition coefficient (Wildman–Crippen LogP) is 6.15. The van der Waals surface area contributed by atoms with Crippen molar-refractivity contribution in [1.29, 1.82) is 0 Å². The Morgan fingerprint density at radius 3 is 2.12 bits per heavy atom. The Balaban J connectivity index is 1.25. The van der Waals surface area contributed by atoms with Crippen molar-refractivity contribution < 1.29 is 29.2 Å². The van der Waals surface area contributed by atoms with Gasteiger partial charge in [-0.25, -0.2) is 15.0 Å². The van der Waals surface area contributed by atoms with Crippen LogP contribution in [0, 0.1) is 0 Å². The fourth-order valence-electron chi connectivity index (χ4n) is 6.20. The minimum Gasteiger partial charge on any atom is -0.497 e. The zero-order valence-corrected chi connectivity index (χ0v) is 28.1. The Morgan fingerprint density at radius 2 is 1.48 bits per heavy atom. The third-order valence-corrected chi connectivity index (χ3v) is 9.83. The summed E-state index contributed by atoms with van der Waals surface area (Å²) in [5.74, 6) is 2.39. The first-order chi connectivity index (χ1) is 23.6. The number of hydrogen-bond donors (Lipinski definition) is 2. The number of imidazole rings is 1. The number of hydrogen-bond acceptors (Lipinski definition) is 10. The van der Waals surface area contributed by atoms with E-state index in [1.807, 2.05) is 83.4 Å². The normalized spacial score (nSPS) is 18.0. The maximum Gasteiger partial charge on any atom is 0.166 e. The second kappa shape index (κ2) is 15.9. The van der Waals surface area contributed by atoms with E-state index in [-0.39, 0.29) is 13.2 Å². The topological polar surface area (TPSA) is 121 Å². The van der Waals surface area contributed by atoms with Crippen LogP contribution in [0.4, 0.5) is 0 Å². The summed E-state index contributed by atoms with van der Waals surface area (Å²) >= 11 is 1.66. The highest BCUT2D eigenvalue weighted by atomic mass is 32.2. The van der Waals surface area contributed by atoms with Gasteiger partial charge in [-0.1, -0.05) is 67.4 Å². The monoisotopic (exact) mass is 670 g/mol. The van der Waals surface area contributed by atoms with Crippen LogP contribution in [0.15, 0.2) is 96.5 Å². The number of aliphatic hydroxyl groups is 2. The quantitative estimate of drug-likeness (QED) is 0.0548. The number of unbranched alkanes of at least 4 members (excludes halogenated alkanes) is 3. The maximum atomic E-state index is 11.3. The SMILES string of the molecule is COc1ccc(C(OC[C@H]2O[C@@H](n3cnc4c(SCCCCCCO)ncnc43)C[C@@H]2O)(c2ccccc2)c2ccc(OC)cc2)cc1. The Hall–Kier alpha value is -4.00. The fraction of sp³-hybridized carbons (Fsp3) is 0.378. The molecule has 1 saturated heterocycles. The summed E-state index contributed by atoms with van der Waals surface area (Å²) in [5.41, 5.74) is 3.10. The Bertz CT molecular complexity index is 1690. The molecule has 2 N–H and O–H groups in total. The molecule has 6 rings (SSSR count). The molecule has 0 radical (unpaired) electrons. The Labute approximate surface area is 285 Å². The molecule has 10 nitrogen and oxygen atoms in total. The molecule has 252 valence electrons. The first kappa shape index (κ1) is 33.9. The number of benzene rings is 3. The van der Waals surface area contributed by atoms with Gasteiger partial charge in [0.2, 0.25) is 0 Å². The molecule has 3 heterocycles. The minimum atomic E-state index is -1.03. The lowest BCUT2D eigenvalue weighted by Crippen LogP contribution is -2.38. The zero-order chi connectivity index (χ0) is 33.3. The van der Waals surface area contributed by atoms with Crippen molar-refractivity contribution in [3.63, 3.8) is 0 Å². The largest absolute Gasteiger partial charge is 0.497 e. The summed E-state index contributed by atoms with van der Waals surface area (Å²) in [4.78, 5) is 13.7. The lowest BCUT2D eigenvalue weighted by atomic mass is 9.80. The van der Waals surface area contributed by atoms with Gasteiger partial charge in [-0.05, 0) is 59.6 Å². The number of aliphatic hydroxyl groups excluding tert-OH is 2. The molecule has 48 heavy (non-hydrogen) atoms. The van der Waals surface area contributed by atoms with E-state index in [1.165, 1.54) is 0 Å². The molecular formula is C37H42N4O6S. The lowest BCUT2D eigenvalue weighted by Gasteiger charge is -2.37. The van der Waals surface area contributed by atoms with E-state index >= 15 is 0 Å². The molecule has 0 saturated carbocycles. The van der Waals surface area contributed by atoms with Gasteiger partial charge >= 0.3 is 0 Å². The first-order valence-electron chi connectivity index (χ1n) is 16.3. The van der Waals surface area contributed by atoms with Crippen molar-refractivity contribution in [3.05, 3.63) is 108 Å². The lowest BCUT2D eigenvalue weighted by molar-refractivity contribution is -0.0931. The molecular weight excluding hydrogens is 628 g/mol. The van der Waals surface area contributed by atoms with Gasteiger partial charge in [-0.2, -0.15) is 0 Å². The van der Waals surface area contributed by atoms with Crippen LogP contribution in [0.2, 0.25) is 0 Å². The summed E-state index contributed by atoms with van der Waals surface area (Å²) in [6, 6.07) is 25.8. The summed E-state index contributed by atoms with van der Waals surface area (Å²) in [7, 11) is 3.29. The van der Waals surface area contributed by atoms with E-state index in [2.05, 4.69) is 15.0 Å². The number of ether oxygens (including phenoxy) is 4. The van der Waals surface area contributed by atoms with E-state index in [0.717, 1.165) is 70.2 Å². The van der Waals surface area contributed by atoms with Gasteiger partial charge in [-0.15, -0.1) is 11.8 Å². The number of aromatic nitrogens is 4. The van der Waals surface area contributed by atoms with Crippen molar-refractivity contribution in [2.24, 2.45) is 0 Å². The molecule has 3 atom stereocenters. The van der Waals surface area contributed by atoms with Gasteiger partial charge < -0.3 is 29.2 Å². The minimum absolute atomic E-state index is 0.115. The van der Waals surface area contributed by atoms with Gasteiger partial charge in [0.25, 0.3) is 0 Å². The molecule has 5 aromatic rings. The molecule has 1 fully saturated rings. The van der Waals surface area contributed by atoms with Crippen LogP contribution in [0.3, 0.4) is 0 Å². The molecule has 0 amide bonds. The van der Waals surface area contributed by atoms with E-state index in [4.69, 9.17) is 24.1 Å². The highest BCUT2D eigenvalue weighted by Crippen LogP contribution is 2.43. The number of fused-ring (bicyclic) bond motifs is 1. The van der Waals surface area contributed by atoms with E-state index < -0.39 is 24.0 Å². The maximum absolute atomic E-state index is 11.3. The third-order valence-electron chi connectivity index (χ3n) is 8.77. The zero-order valence-electron chi connectivity index (χ0n) is 27.3. The highest BCUT2D eigenvalue weighted by molar-refractivity contribution is 7.99. The second-order valence-corrected chi connectivity index (χ2v) is 12.8. The molecule has 0 unspecified atom stereocenters. The molecule has 3 aromatic carbocycles. The first-order valence-corrected chi connectivity index (χ1v) is 17.3. The van der Waals surface area contributed by atoms with Crippen LogP contribution in [-0.2, 0) is 15.1 Å². The van der Waals surface area contributed by atoms with Crippen LogP contribution in [0.5, 0.6) is 11.5 Å². The van der Waals surface area contributed by atoms with Crippen molar-refractivity contribution >= 4 is 22.9 Å². The van der Waals surface area contributed by atoms with Crippen LogP contribution >= 0.6 is 11.8 Å². The standard InChI is InChI=1S/C37H42N4O6S/c1-44-29-16-12-27(13-17-29)37(26-10-6-5-7-11-26,28-14-18-30(45-2)19-15-28)46-23-32-31(43)22-33(47-32)41-25-40-34-35(41)38-24-39-36(34)48-21-9-4-3-8-20-42/h5-7,10-19,24-25,31-33,42-43H,3-4,8-9,20-23H2,1-2H3/t31-,32+,33+/m0/s1. The summed E-state index contributed by atoms with van der Waals surface area (Å²) in [6.07, 6.45) is 5.73. The van der Waals surface area contributed by atoms with Gasteiger partial charge in [0, 0.05) is 13.0 Å². The summed E-state index contributed by atoms with van der Waals surface area (Å²) in [5, 5.41) is 21.1. The number of methoxy groups -OCH3 is 2. The van der Waals surface area contributed by atoms with E-state index in [1.54, 1.807) is 38.6 Å². The summed E-state index contributed by atoms with van der Waals surface area (Å²) < 4.78 is 26.3. The average Bonchev–Trinajstić information content (AvgIpc) is 3.74. The van der Waals surface area contributed by atoms with Crippen LogP contribution in [0.1, 0.15) is 55.0 Å². The second-order valence-electron chi connectivity index (χ2n) is 11.7.